The fourth-order valence-corrected chi connectivity index (χ4v) is 3.03. The van der Waals surface area contributed by atoms with Gasteiger partial charge < -0.3 is 20.5 Å². The van der Waals surface area contributed by atoms with Gasteiger partial charge in [-0.25, -0.2) is 4.79 Å². The van der Waals surface area contributed by atoms with E-state index >= 15 is 0 Å². The van der Waals surface area contributed by atoms with E-state index in [1.807, 2.05) is 0 Å². The van der Waals surface area contributed by atoms with E-state index < -0.39 is 16.9 Å². The van der Waals surface area contributed by atoms with Crippen LogP contribution in [0.4, 0.5) is 5.69 Å². The van der Waals surface area contributed by atoms with Crippen molar-refractivity contribution in [2.24, 2.45) is 0 Å². The summed E-state index contributed by atoms with van der Waals surface area (Å²) in [6, 6.07) is 8.89. The largest absolute Gasteiger partial charge is 0.481 e. The summed E-state index contributed by atoms with van der Waals surface area (Å²) in [5.74, 6) is -1.05. The molecule has 144 valence electrons. The molecule has 0 bridgehead atoms. The Morgan fingerprint density at radius 1 is 1.29 bits per heavy atom. The second kappa shape index (κ2) is 7.78. The third-order valence-corrected chi connectivity index (χ3v) is 4.33. The van der Waals surface area contributed by atoms with Crippen LogP contribution in [0.15, 0.2) is 66.1 Å². The first-order chi connectivity index (χ1) is 13.4. The van der Waals surface area contributed by atoms with E-state index in [-0.39, 0.29) is 22.9 Å². The highest BCUT2D eigenvalue weighted by atomic mass is 16.6. The first-order valence-corrected chi connectivity index (χ1v) is 8.33. The highest BCUT2D eigenvalue weighted by Crippen LogP contribution is 2.37. The zero-order valence-electron chi connectivity index (χ0n) is 15.2. The fourth-order valence-electron chi connectivity index (χ4n) is 3.03. The summed E-state index contributed by atoms with van der Waals surface area (Å²) in [6.07, 6.45) is 3.13. The molecule has 2 aromatic rings. The number of rotatable bonds is 5. The predicted molar refractivity (Wildman–Crippen MR) is 101 cm³/mol. The zero-order chi connectivity index (χ0) is 20.3. The number of benzene rings is 1. The Morgan fingerprint density at radius 3 is 2.57 bits per heavy atom. The number of pyridine rings is 1. The number of ether oxygens (including phenoxy) is 1. The molecule has 1 aliphatic heterocycles. The number of methoxy groups -OCH3 is 1. The lowest BCUT2D eigenvalue weighted by Crippen LogP contribution is -2.29. The molecule has 9 heteroatoms. The Morgan fingerprint density at radius 2 is 1.96 bits per heavy atom. The molecule has 0 amide bonds. The number of nitrogens with zero attached hydrogens (tertiary/aromatic N) is 2. The van der Waals surface area contributed by atoms with Gasteiger partial charge in [0.25, 0.3) is 5.70 Å². The van der Waals surface area contributed by atoms with Crippen LogP contribution in [0.3, 0.4) is 0 Å². The zero-order valence-corrected chi connectivity index (χ0v) is 15.2. The molecule has 0 fully saturated rings. The molecule has 1 atom stereocenters. The lowest BCUT2D eigenvalue weighted by molar-refractivity contribution is -0.423. The molecule has 2 heterocycles. The van der Waals surface area contributed by atoms with Crippen LogP contribution in [0.5, 0.6) is 0 Å². The maximum absolute atomic E-state index is 11.9. The number of aromatic nitrogens is 1. The standard InChI is InChI=1S/C19H18N4O5/c1-11(23(26)27)15-13-5-3-4-6-14(13)16(19(24)25)22-18(28-2)17(15)21-12-7-9-20-10-8-12/h3-10,16,22H,1-2H3,(H,20,21)(H,24,25)/b15-11+. The molecule has 3 rings (SSSR count). The number of hydrogen-bond donors (Lipinski definition) is 3. The minimum atomic E-state index is -1.14. The maximum Gasteiger partial charge on any atom is 0.330 e. The Bertz CT molecular complexity index is 985. The molecule has 9 nitrogen and oxygen atoms in total. The first kappa shape index (κ1) is 18.9. The van der Waals surface area contributed by atoms with Crippen molar-refractivity contribution in [3.8, 4) is 0 Å². The minimum absolute atomic E-state index is 0.0802. The van der Waals surface area contributed by atoms with Crippen molar-refractivity contribution in [3.63, 3.8) is 0 Å². The molecule has 1 unspecified atom stereocenters. The number of allylic oxidation sites excluding steroid dienone is 2. The van der Waals surface area contributed by atoms with Crippen molar-refractivity contribution in [1.29, 1.82) is 0 Å². The number of anilines is 1. The highest BCUT2D eigenvalue weighted by Gasteiger charge is 2.34. The van der Waals surface area contributed by atoms with Gasteiger partial charge in [0.15, 0.2) is 6.04 Å². The van der Waals surface area contributed by atoms with Gasteiger partial charge in [-0.05, 0) is 23.3 Å². The Hall–Kier alpha value is -3.88. The SMILES string of the molecule is COC1=C(Nc2ccncc2)/C(=C(\C)[N+](=O)[O-])c2ccccc2C(C(=O)O)N1. The average Bonchev–Trinajstić information content (AvgIpc) is 2.82. The van der Waals surface area contributed by atoms with E-state index in [0.29, 0.717) is 16.8 Å². The van der Waals surface area contributed by atoms with Crippen molar-refractivity contribution in [1.82, 2.24) is 10.3 Å². The molecule has 28 heavy (non-hydrogen) atoms. The van der Waals surface area contributed by atoms with Crippen molar-refractivity contribution >= 4 is 17.2 Å². The molecule has 1 aliphatic rings. The molecule has 0 radical (unpaired) electrons. The quantitative estimate of drug-likeness (QED) is 0.532. The summed E-state index contributed by atoms with van der Waals surface area (Å²) in [5, 5.41) is 27.3. The average molecular weight is 382 g/mol. The van der Waals surface area contributed by atoms with Gasteiger partial charge in [0.05, 0.1) is 17.6 Å². The predicted octanol–water partition coefficient (Wildman–Crippen LogP) is 2.75. The summed E-state index contributed by atoms with van der Waals surface area (Å²) in [4.78, 5) is 27.0. The van der Waals surface area contributed by atoms with E-state index in [0.717, 1.165) is 0 Å². The van der Waals surface area contributed by atoms with Gasteiger partial charge in [0, 0.05) is 25.0 Å². The van der Waals surface area contributed by atoms with Gasteiger partial charge in [-0.3, -0.25) is 15.1 Å². The molecular weight excluding hydrogens is 364 g/mol. The van der Waals surface area contributed by atoms with Gasteiger partial charge in [0.2, 0.25) is 5.88 Å². The van der Waals surface area contributed by atoms with Crippen LogP contribution >= 0.6 is 0 Å². The van der Waals surface area contributed by atoms with Crippen molar-refractivity contribution < 1.29 is 19.6 Å². The van der Waals surface area contributed by atoms with Crippen molar-refractivity contribution in [3.05, 3.63) is 87.3 Å². The third-order valence-electron chi connectivity index (χ3n) is 4.33. The molecule has 1 aromatic carbocycles. The van der Waals surface area contributed by atoms with Crippen LogP contribution in [0.25, 0.3) is 5.57 Å². The maximum atomic E-state index is 11.9. The number of carboxylic acid groups (broad SMARTS) is 1. The van der Waals surface area contributed by atoms with Crippen molar-refractivity contribution in [2.75, 3.05) is 12.4 Å². The molecule has 1 aromatic heterocycles. The topological polar surface area (TPSA) is 127 Å². The molecular formula is C19H18N4O5. The number of carbonyl (C=O) groups is 1. The van der Waals surface area contributed by atoms with Crippen LogP contribution in [-0.4, -0.2) is 28.1 Å². The number of aliphatic carboxylic acids is 1. The number of nitrogens with one attached hydrogen (secondary N) is 2. The number of carboxylic acids is 1. The van der Waals surface area contributed by atoms with Crippen LogP contribution in [-0.2, 0) is 9.53 Å². The first-order valence-electron chi connectivity index (χ1n) is 8.33. The summed E-state index contributed by atoms with van der Waals surface area (Å²) < 4.78 is 5.40. The van der Waals surface area contributed by atoms with Crippen LogP contribution in [0.1, 0.15) is 24.1 Å². The summed E-state index contributed by atoms with van der Waals surface area (Å²) in [5.41, 5.74) is 1.80. The van der Waals surface area contributed by atoms with E-state index in [9.17, 15) is 20.0 Å². The molecule has 0 saturated heterocycles. The van der Waals surface area contributed by atoms with Gasteiger partial charge in [-0.15, -0.1) is 0 Å². The van der Waals surface area contributed by atoms with E-state index in [4.69, 9.17) is 4.74 Å². The second-order valence-corrected chi connectivity index (χ2v) is 5.99. The van der Waals surface area contributed by atoms with E-state index in [2.05, 4.69) is 15.6 Å². The van der Waals surface area contributed by atoms with Crippen molar-refractivity contribution in [2.45, 2.75) is 13.0 Å². The lowest BCUT2D eigenvalue weighted by Gasteiger charge is -2.18. The summed E-state index contributed by atoms with van der Waals surface area (Å²) in [6.45, 7) is 1.37. The minimum Gasteiger partial charge on any atom is -0.481 e. The third kappa shape index (κ3) is 3.50. The van der Waals surface area contributed by atoms with Crippen LogP contribution in [0, 0.1) is 10.1 Å². The smallest absolute Gasteiger partial charge is 0.330 e. The lowest BCUT2D eigenvalue weighted by atomic mass is 9.93. The molecule has 0 spiro atoms. The van der Waals surface area contributed by atoms with Gasteiger partial charge >= 0.3 is 5.97 Å². The molecule has 0 aliphatic carbocycles. The molecule has 3 N–H and O–H groups in total. The summed E-state index contributed by atoms with van der Waals surface area (Å²) in [7, 11) is 1.37. The molecule has 0 saturated carbocycles. The van der Waals surface area contributed by atoms with Crippen LogP contribution in [0.2, 0.25) is 0 Å². The van der Waals surface area contributed by atoms with Crippen LogP contribution < -0.4 is 10.6 Å². The highest BCUT2D eigenvalue weighted by molar-refractivity contribution is 5.89. The van der Waals surface area contributed by atoms with Gasteiger partial charge in [0.1, 0.15) is 5.70 Å². The fraction of sp³-hybridized carbons (Fsp3) is 0.158. The number of fused-ring (bicyclic) bond motifs is 1. The second-order valence-electron chi connectivity index (χ2n) is 5.99. The monoisotopic (exact) mass is 382 g/mol. The van der Waals surface area contributed by atoms with E-state index in [1.54, 1.807) is 48.8 Å². The number of nitro groups is 1. The van der Waals surface area contributed by atoms with Gasteiger partial charge in [-0.1, -0.05) is 24.3 Å². The van der Waals surface area contributed by atoms with E-state index in [1.165, 1.54) is 14.0 Å². The Balaban J connectivity index is 2.32. The Labute approximate surface area is 160 Å². The Kier molecular flexibility index (Phi) is 5.25. The summed E-state index contributed by atoms with van der Waals surface area (Å²) >= 11 is 0. The normalized spacial score (nSPS) is 17.7. The number of hydrogen-bond acceptors (Lipinski definition) is 7. The van der Waals surface area contributed by atoms with Gasteiger partial charge in [-0.2, -0.15) is 0 Å².